The van der Waals surface area contributed by atoms with Gasteiger partial charge in [-0.2, -0.15) is 4.39 Å². The predicted octanol–water partition coefficient (Wildman–Crippen LogP) is 1.50. The minimum Gasteiger partial charge on any atom is -0.454 e. The van der Waals surface area contributed by atoms with Crippen LogP contribution in [0.5, 0.6) is 11.5 Å². The third-order valence-corrected chi connectivity index (χ3v) is 2.92. The number of rotatable bonds is 4. The molecule has 0 aromatic heterocycles. The lowest BCUT2D eigenvalue weighted by atomic mass is 9.80. The van der Waals surface area contributed by atoms with Crippen LogP contribution in [-0.4, -0.2) is 31.3 Å². The smallest absolute Gasteiger partial charge is 0.454 e. The minimum atomic E-state index is -2.08. The Morgan fingerprint density at radius 1 is 1.05 bits per heavy atom. The Morgan fingerprint density at radius 3 is 2.38 bits per heavy atom. The van der Waals surface area contributed by atoms with Gasteiger partial charge in [-0.3, -0.25) is 0 Å². The molecule has 0 atom stereocenters. The molecule has 0 saturated carbocycles. The molecule has 2 aromatic rings. The normalized spacial score (nSPS) is 10.4. The molecule has 0 aliphatic heterocycles. The summed E-state index contributed by atoms with van der Waals surface area (Å²) in [6, 6.07) is 9.06. The number of nitrogens with zero attached hydrogens (tertiary/aromatic N) is 1. The average molecular weight is 293 g/mol. The van der Waals surface area contributed by atoms with E-state index >= 15 is 0 Å². The van der Waals surface area contributed by atoms with Gasteiger partial charge in [0.2, 0.25) is 5.82 Å². The molecular weight excluding hydrogens is 279 g/mol. The molecule has 0 radical (unpaired) electrons. The maximum Gasteiger partial charge on any atom is 0.491 e. The summed E-state index contributed by atoms with van der Waals surface area (Å²) in [5.74, 6) is -2.59. The Bertz CT molecular complexity index is 650. The van der Waals surface area contributed by atoms with E-state index in [1.807, 2.05) is 25.1 Å². The fourth-order valence-corrected chi connectivity index (χ4v) is 1.78. The highest BCUT2D eigenvalue weighted by Crippen LogP contribution is 2.27. The van der Waals surface area contributed by atoms with Gasteiger partial charge in [-0.15, -0.1) is 0 Å². The first-order valence-corrected chi connectivity index (χ1v) is 6.19. The predicted molar refractivity (Wildman–Crippen MR) is 77.0 cm³/mol. The van der Waals surface area contributed by atoms with Crippen LogP contribution >= 0.6 is 0 Å². The summed E-state index contributed by atoms with van der Waals surface area (Å²) in [5, 5.41) is 17.8. The molecule has 2 rings (SSSR count). The third-order valence-electron chi connectivity index (χ3n) is 2.92. The molecule has 21 heavy (non-hydrogen) atoms. The van der Waals surface area contributed by atoms with Crippen LogP contribution in [0.15, 0.2) is 36.4 Å². The highest BCUT2D eigenvalue weighted by molar-refractivity contribution is 6.58. The Morgan fingerprint density at radius 2 is 1.76 bits per heavy atom. The van der Waals surface area contributed by atoms with E-state index in [0.29, 0.717) is 5.75 Å². The number of benzene rings is 2. The molecule has 4 nitrogen and oxygen atoms in total. The van der Waals surface area contributed by atoms with Crippen LogP contribution in [0.4, 0.5) is 14.5 Å². The first-order chi connectivity index (χ1) is 9.90. The average Bonchev–Trinajstić information content (AvgIpc) is 2.44. The van der Waals surface area contributed by atoms with Crippen molar-refractivity contribution in [3.8, 4) is 11.5 Å². The van der Waals surface area contributed by atoms with Gasteiger partial charge in [0.05, 0.1) is 0 Å². The molecule has 0 spiro atoms. The molecule has 7 heteroatoms. The molecule has 2 aromatic carbocycles. The second-order valence-electron chi connectivity index (χ2n) is 4.65. The fourth-order valence-electron chi connectivity index (χ4n) is 1.78. The minimum absolute atomic E-state index is 0.326. The van der Waals surface area contributed by atoms with E-state index in [1.54, 1.807) is 18.2 Å². The second kappa shape index (κ2) is 6.11. The maximum absolute atomic E-state index is 13.8. The molecule has 0 bridgehead atoms. The molecule has 0 heterocycles. The molecule has 0 fully saturated rings. The summed E-state index contributed by atoms with van der Waals surface area (Å²) >= 11 is 0. The van der Waals surface area contributed by atoms with Crippen molar-refractivity contribution in [2.24, 2.45) is 0 Å². The van der Waals surface area contributed by atoms with E-state index in [4.69, 9.17) is 14.8 Å². The molecular formula is C14H14BF2NO3. The van der Waals surface area contributed by atoms with Crippen LogP contribution in [-0.2, 0) is 0 Å². The Hall–Kier alpha value is -2.12. The molecule has 2 N–H and O–H groups in total. The van der Waals surface area contributed by atoms with E-state index in [-0.39, 0.29) is 5.75 Å². The lowest BCUT2D eigenvalue weighted by Crippen LogP contribution is -2.33. The number of hydrogen-bond acceptors (Lipinski definition) is 4. The standard InChI is InChI=1S/C14H14BF2NO3/c1-18(2)9-4-3-5-10(8-9)21-12-7-6-11(15(19)20)13(16)14(12)17/h3-8,19-20H,1-2H3. The van der Waals surface area contributed by atoms with Crippen molar-refractivity contribution in [3.05, 3.63) is 48.0 Å². The number of anilines is 1. The van der Waals surface area contributed by atoms with E-state index in [2.05, 4.69) is 0 Å². The quantitative estimate of drug-likeness (QED) is 0.839. The summed E-state index contributed by atoms with van der Waals surface area (Å²) in [6.45, 7) is 0. The molecule has 0 unspecified atom stereocenters. The van der Waals surface area contributed by atoms with Crippen LogP contribution in [0.2, 0.25) is 0 Å². The molecule has 110 valence electrons. The maximum atomic E-state index is 13.8. The highest BCUT2D eigenvalue weighted by Gasteiger charge is 2.22. The van der Waals surface area contributed by atoms with Crippen LogP contribution in [0.25, 0.3) is 0 Å². The van der Waals surface area contributed by atoms with Gasteiger partial charge in [-0.1, -0.05) is 12.1 Å². The Kier molecular flexibility index (Phi) is 4.45. The highest BCUT2D eigenvalue weighted by atomic mass is 19.2. The van der Waals surface area contributed by atoms with E-state index in [9.17, 15) is 8.78 Å². The van der Waals surface area contributed by atoms with E-state index in [1.165, 1.54) is 0 Å². The van der Waals surface area contributed by atoms with Crippen molar-refractivity contribution in [1.29, 1.82) is 0 Å². The zero-order valence-corrected chi connectivity index (χ0v) is 11.5. The third kappa shape index (κ3) is 3.32. The monoisotopic (exact) mass is 293 g/mol. The van der Waals surface area contributed by atoms with Crippen molar-refractivity contribution in [2.75, 3.05) is 19.0 Å². The fraction of sp³-hybridized carbons (Fsp3) is 0.143. The lowest BCUT2D eigenvalue weighted by Gasteiger charge is -2.14. The van der Waals surface area contributed by atoms with Crippen molar-refractivity contribution < 1.29 is 23.6 Å². The van der Waals surface area contributed by atoms with Gasteiger partial charge in [0.25, 0.3) is 0 Å². The number of ether oxygens (including phenoxy) is 1. The van der Waals surface area contributed by atoms with Crippen LogP contribution < -0.4 is 15.1 Å². The zero-order chi connectivity index (χ0) is 15.6. The summed E-state index contributed by atoms with van der Waals surface area (Å²) in [6.07, 6.45) is 0. The largest absolute Gasteiger partial charge is 0.491 e. The molecule has 0 aliphatic carbocycles. The van der Waals surface area contributed by atoms with Crippen molar-refractivity contribution >= 4 is 18.3 Å². The van der Waals surface area contributed by atoms with E-state index in [0.717, 1.165) is 17.8 Å². The van der Waals surface area contributed by atoms with Gasteiger partial charge >= 0.3 is 7.12 Å². The first kappa shape index (κ1) is 15.3. The topological polar surface area (TPSA) is 52.9 Å². The molecule has 0 saturated heterocycles. The van der Waals surface area contributed by atoms with Gasteiger partial charge in [0.1, 0.15) is 5.75 Å². The van der Waals surface area contributed by atoms with Crippen molar-refractivity contribution in [3.63, 3.8) is 0 Å². The van der Waals surface area contributed by atoms with Gasteiger partial charge in [0.15, 0.2) is 11.6 Å². The van der Waals surface area contributed by atoms with Crippen LogP contribution in [0.1, 0.15) is 0 Å². The van der Waals surface area contributed by atoms with Gasteiger partial charge in [-0.25, -0.2) is 4.39 Å². The second-order valence-corrected chi connectivity index (χ2v) is 4.65. The van der Waals surface area contributed by atoms with Crippen LogP contribution in [0, 0.1) is 11.6 Å². The van der Waals surface area contributed by atoms with Crippen molar-refractivity contribution in [1.82, 2.24) is 0 Å². The summed E-state index contributed by atoms with van der Waals surface area (Å²) in [4.78, 5) is 1.84. The Labute approximate surface area is 121 Å². The lowest BCUT2D eigenvalue weighted by molar-refractivity contribution is 0.406. The van der Waals surface area contributed by atoms with Crippen molar-refractivity contribution in [2.45, 2.75) is 0 Å². The van der Waals surface area contributed by atoms with E-state index < -0.39 is 24.2 Å². The first-order valence-electron chi connectivity index (χ1n) is 6.19. The number of halogens is 2. The van der Waals surface area contributed by atoms with Gasteiger partial charge in [0, 0.05) is 31.3 Å². The summed E-state index contributed by atoms with van der Waals surface area (Å²) in [7, 11) is 1.61. The summed E-state index contributed by atoms with van der Waals surface area (Å²) in [5.41, 5.74) is 0.303. The molecule has 0 amide bonds. The number of hydrogen-bond donors (Lipinski definition) is 2. The Balaban J connectivity index is 2.32. The molecule has 0 aliphatic rings. The van der Waals surface area contributed by atoms with Gasteiger partial charge < -0.3 is 19.7 Å². The van der Waals surface area contributed by atoms with Gasteiger partial charge in [-0.05, 0) is 18.2 Å². The SMILES string of the molecule is CN(C)c1cccc(Oc2ccc(B(O)O)c(F)c2F)c1. The van der Waals surface area contributed by atoms with Crippen LogP contribution in [0.3, 0.4) is 0 Å². The summed E-state index contributed by atoms with van der Waals surface area (Å²) < 4.78 is 32.8. The zero-order valence-electron chi connectivity index (χ0n) is 11.5.